The predicted molar refractivity (Wildman–Crippen MR) is 94.9 cm³/mol. The van der Waals surface area contributed by atoms with Crippen LogP contribution in [0.15, 0.2) is 24.7 Å². The van der Waals surface area contributed by atoms with E-state index in [9.17, 15) is 0 Å². The zero-order chi connectivity index (χ0) is 16.4. The number of rotatable bonds is 4. The van der Waals surface area contributed by atoms with E-state index >= 15 is 0 Å². The fourth-order valence-electron chi connectivity index (χ4n) is 4.07. The summed E-state index contributed by atoms with van der Waals surface area (Å²) < 4.78 is 1.88. The van der Waals surface area contributed by atoms with Crippen molar-refractivity contribution in [2.45, 2.75) is 19.4 Å². The Hall–Kier alpha value is -1.50. The van der Waals surface area contributed by atoms with E-state index < -0.39 is 0 Å². The Kier molecular flexibility index (Phi) is 4.78. The Morgan fingerprint density at radius 1 is 1.12 bits per heavy atom. The molecule has 4 rings (SSSR count). The maximum Gasteiger partial charge on any atom is 0.159 e. The third kappa shape index (κ3) is 3.61. The van der Waals surface area contributed by atoms with Crippen LogP contribution in [0.25, 0.3) is 5.65 Å². The quantitative estimate of drug-likeness (QED) is 0.843. The summed E-state index contributed by atoms with van der Waals surface area (Å²) in [5, 5.41) is 4.42. The second-order valence-electron chi connectivity index (χ2n) is 7.40. The van der Waals surface area contributed by atoms with Crippen molar-refractivity contribution >= 4 is 5.65 Å². The molecule has 0 aliphatic carbocycles. The molecule has 130 valence electrons. The highest BCUT2D eigenvalue weighted by Crippen LogP contribution is 2.21. The smallest absolute Gasteiger partial charge is 0.159 e. The Morgan fingerprint density at radius 2 is 2.00 bits per heavy atom. The van der Waals surface area contributed by atoms with Crippen molar-refractivity contribution in [3.63, 3.8) is 0 Å². The molecule has 0 bridgehead atoms. The lowest BCUT2D eigenvalue weighted by molar-refractivity contribution is 0.0967. The molecule has 0 amide bonds. The number of hydrogen-bond acceptors (Lipinski definition) is 5. The van der Waals surface area contributed by atoms with Crippen LogP contribution in [-0.4, -0.2) is 82.2 Å². The largest absolute Gasteiger partial charge is 0.304 e. The summed E-state index contributed by atoms with van der Waals surface area (Å²) in [6.07, 6.45) is 8.48. The lowest BCUT2D eigenvalue weighted by Crippen LogP contribution is -2.48. The van der Waals surface area contributed by atoms with E-state index in [4.69, 9.17) is 0 Å². The summed E-state index contributed by atoms with van der Waals surface area (Å²) in [6.45, 7) is 9.52. The minimum absolute atomic E-state index is 0.803. The second kappa shape index (κ2) is 7.17. The zero-order valence-electron chi connectivity index (χ0n) is 14.6. The molecule has 24 heavy (non-hydrogen) atoms. The fourth-order valence-corrected chi connectivity index (χ4v) is 4.07. The van der Waals surface area contributed by atoms with Crippen LogP contribution < -0.4 is 0 Å². The zero-order valence-corrected chi connectivity index (χ0v) is 14.6. The second-order valence-corrected chi connectivity index (χ2v) is 7.40. The minimum Gasteiger partial charge on any atom is -0.304 e. The van der Waals surface area contributed by atoms with Crippen LogP contribution in [0.1, 0.15) is 18.4 Å². The summed E-state index contributed by atoms with van der Waals surface area (Å²) in [5.74, 6) is 0.803. The molecule has 2 fully saturated rings. The minimum atomic E-state index is 0.803. The number of aromatic nitrogens is 3. The molecule has 6 nitrogen and oxygen atoms in total. The standard InChI is InChI=1S/C18H28N6/c1-21-8-10-22(11-9-21)13-16-4-2-6-23(14-16)15-17-12-20-24-7-3-5-19-18(17)24/h3,5,7,12,16H,2,4,6,8-11,13-15H2,1H3. The van der Waals surface area contributed by atoms with Crippen molar-refractivity contribution in [2.24, 2.45) is 5.92 Å². The van der Waals surface area contributed by atoms with Gasteiger partial charge in [0.05, 0.1) is 6.20 Å². The molecular formula is C18H28N6. The van der Waals surface area contributed by atoms with Crippen LogP contribution in [0.5, 0.6) is 0 Å². The summed E-state index contributed by atoms with van der Waals surface area (Å²) >= 11 is 0. The molecule has 0 spiro atoms. The highest BCUT2D eigenvalue weighted by Gasteiger charge is 2.24. The molecule has 2 aromatic rings. The Labute approximate surface area is 144 Å². The number of piperazine rings is 1. The Bertz CT molecular complexity index is 660. The lowest BCUT2D eigenvalue weighted by Gasteiger charge is -2.38. The van der Waals surface area contributed by atoms with Gasteiger partial charge in [-0.05, 0) is 38.4 Å². The van der Waals surface area contributed by atoms with Gasteiger partial charge < -0.3 is 9.80 Å². The average molecular weight is 328 g/mol. The molecule has 2 saturated heterocycles. The van der Waals surface area contributed by atoms with Gasteiger partial charge in [-0.1, -0.05) is 0 Å². The molecule has 0 radical (unpaired) electrons. The molecule has 1 unspecified atom stereocenters. The molecule has 0 aromatic carbocycles. The molecule has 1 atom stereocenters. The van der Waals surface area contributed by atoms with Crippen molar-refractivity contribution in [3.8, 4) is 0 Å². The maximum absolute atomic E-state index is 4.49. The molecule has 2 aliphatic rings. The summed E-state index contributed by atoms with van der Waals surface area (Å²) in [5.41, 5.74) is 2.24. The number of nitrogens with zero attached hydrogens (tertiary/aromatic N) is 6. The number of piperidine rings is 1. The summed E-state index contributed by atoms with van der Waals surface area (Å²) in [6, 6.07) is 1.93. The van der Waals surface area contributed by atoms with Crippen LogP contribution in [0.3, 0.4) is 0 Å². The van der Waals surface area contributed by atoms with Crippen molar-refractivity contribution in [1.29, 1.82) is 0 Å². The predicted octanol–water partition coefficient (Wildman–Crippen LogP) is 1.19. The van der Waals surface area contributed by atoms with Crippen LogP contribution in [0.4, 0.5) is 0 Å². The first-order valence-electron chi connectivity index (χ1n) is 9.18. The van der Waals surface area contributed by atoms with Gasteiger partial charge in [-0.15, -0.1) is 0 Å². The van der Waals surface area contributed by atoms with Crippen molar-refractivity contribution < 1.29 is 0 Å². The van der Waals surface area contributed by atoms with Crippen LogP contribution in [-0.2, 0) is 6.54 Å². The van der Waals surface area contributed by atoms with E-state index in [1.165, 1.54) is 64.2 Å². The Morgan fingerprint density at radius 3 is 2.88 bits per heavy atom. The summed E-state index contributed by atoms with van der Waals surface area (Å²) in [7, 11) is 2.23. The van der Waals surface area contributed by atoms with E-state index in [0.717, 1.165) is 18.1 Å². The van der Waals surface area contributed by atoms with Crippen LogP contribution >= 0.6 is 0 Å². The van der Waals surface area contributed by atoms with Gasteiger partial charge in [0.1, 0.15) is 0 Å². The van der Waals surface area contributed by atoms with Gasteiger partial charge in [-0.25, -0.2) is 9.50 Å². The number of fused-ring (bicyclic) bond motifs is 1. The van der Waals surface area contributed by atoms with Gasteiger partial charge in [0.15, 0.2) is 5.65 Å². The van der Waals surface area contributed by atoms with Crippen molar-refractivity contribution in [3.05, 3.63) is 30.2 Å². The van der Waals surface area contributed by atoms with Crippen molar-refractivity contribution in [1.82, 2.24) is 29.3 Å². The highest BCUT2D eigenvalue weighted by atomic mass is 15.3. The highest BCUT2D eigenvalue weighted by molar-refractivity contribution is 5.45. The molecular weight excluding hydrogens is 300 g/mol. The first-order chi connectivity index (χ1) is 11.8. The third-order valence-corrected chi connectivity index (χ3v) is 5.46. The van der Waals surface area contributed by atoms with Crippen molar-refractivity contribution in [2.75, 3.05) is 52.9 Å². The van der Waals surface area contributed by atoms with E-state index in [1.54, 1.807) is 0 Å². The SMILES string of the molecule is CN1CCN(CC2CCCN(Cc3cnn4cccnc34)C2)CC1. The average Bonchev–Trinajstić information content (AvgIpc) is 3.01. The van der Waals surface area contributed by atoms with Gasteiger partial charge in [0.2, 0.25) is 0 Å². The molecule has 0 N–H and O–H groups in total. The number of likely N-dealkylation sites (N-methyl/N-ethyl adjacent to an activating group) is 1. The number of hydrogen-bond donors (Lipinski definition) is 0. The monoisotopic (exact) mass is 328 g/mol. The Balaban J connectivity index is 1.35. The molecule has 2 aromatic heterocycles. The third-order valence-electron chi connectivity index (χ3n) is 5.46. The fraction of sp³-hybridized carbons (Fsp3) is 0.667. The molecule has 6 heteroatoms. The van der Waals surface area contributed by atoms with Crippen LogP contribution in [0.2, 0.25) is 0 Å². The van der Waals surface area contributed by atoms with Gasteiger partial charge in [0.25, 0.3) is 0 Å². The van der Waals surface area contributed by atoms with Gasteiger partial charge >= 0.3 is 0 Å². The normalized spacial score (nSPS) is 24.6. The van der Waals surface area contributed by atoms with E-state index in [2.05, 4.69) is 31.8 Å². The maximum atomic E-state index is 4.49. The molecule has 2 aliphatic heterocycles. The number of likely N-dealkylation sites (tertiary alicyclic amines) is 1. The van der Waals surface area contributed by atoms with Gasteiger partial charge in [0, 0.05) is 63.8 Å². The van der Waals surface area contributed by atoms with Gasteiger partial charge in [-0.3, -0.25) is 4.90 Å². The van der Waals surface area contributed by atoms with E-state index in [0.29, 0.717) is 0 Å². The van der Waals surface area contributed by atoms with E-state index in [1.807, 2.05) is 29.2 Å². The topological polar surface area (TPSA) is 39.9 Å². The first-order valence-corrected chi connectivity index (χ1v) is 9.18. The summed E-state index contributed by atoms with van der Waals surface area (Å²) in [4.78, 5) is 12.2. The molecule has 0 saturated carbocycles. The van der Waals surface area contributed by atoms with E-state index in [-0.39, 0.29) is 0 Å². The molecule has 4 heterocycles. The van der Waals surface area contributed by atoms with Gasteiger partial charge in [-0.2, -0.15) is 5.10 Å². The lowest BCUT2D eigenvalue weighted by atomic mass is 9.97. The van der Waals surface area contributed by atoms with Crippen LogP contribution in [0, 0.1) is 5.92 Å². The first kappa shape index (κ1) is 16.0.